The number of halogens is 1. The van der Waals surface area contributed by atoms with Crippen LogP contribution in [-0.2, 0) is 11.3 Å². The highest BCUT2D eigenvalue weighted by atomic mass is 35.5. The number of nitrogens with zero attached hydrogens (tertiary/aromatic N) is 3. The summed E-state index contributed by atoms with van der Waals surface area (Å²) in [6.07, 6.45) is 4.63. The fourth-order valence-electron chi connectivity index (χ4n) is 3.79. The van der Waals surface area contributed by atoms with Gasteiger partial charge in [-0.1, -0.05) is 12.1 Å². The average Bonchev–Trinajstić information content (AvgIpc) is 3.08. The third-order valence-corrected chi connectivity index (χ3v) is 5.43. The number of benzene rings is 1. The molecule has 3 aromatic rings. The van der Waals surface area contributed by atoms with Crippen LogP contribution in [-0.4, -0.2) is 47.0 Å². The molecule has 1 aliphatic rings. The zero-order valence-corrected chi connectivity index (χ0v) is 16.7. The second-order valence-corrected chi connectivity index (χ2v) is 7.17. The summed E-state index contributed by atoms with van der Waals surface area (Å²) in [5, 5.41) is 3.99. The minimum absolute atomic E-state index is 0. The molecule has 0 aliphatic carbocycles. The first-order chi connectivity index (χ1) is 13.2. The van der Waals surface area contributed by atoms with E-state index in [9.17, 15) is 9.59 Å². The number of para-hydroxylation sites is 1. The van der Waals surface area contributed by atoms with Gasteiger partial charge in [0.2, 0.25) is 11.5 Å². The minimum Gasteiger partial charge on any atom is -0.448 e. The maximum absolute atomic E-state index is 12.7. The largest absolute Gasteiger partial charge is 0.448 e. The molecule has 0 saturated carbocycles. The van der Waals surface area contributed by atoms with E-state index in [4.69, 9.17) is 4.42 Å². The van der Waals surface area contributed by atoms with E-state index >= 15 is 0 Å². The molecule has 1 fully saturated rings. The SMILES string of the molecule is CNCCC1CCN(C(=O)Cn2cnc3c(oc4ccccc43)c2=O)CC1.Cl. The molecule has 28 heavy (non-hydrogen) atoms. The Morgan fingerprint density at radius 3 is 2.79 bits per heavy atom. The lowest BCUT2D eigenvalue weighted by atomic mass is 9.93. The Labute approximate surface area is 169 Å². The van der Waals surface area contributed by atoms with Gasteiger partial charge in [0.05, 0.1) is 6.33 Å². The summed E-state index contributed by atoms with van der Waals surface area (Å²) in [5.74, 6) is 0.624. The third kappa shape index (κ3) is 3.91. The van der Waals surface area contributed by atoms with Crippen LogP contribution < -0.4 is 10.9 Å². The van der Waals surface area contributed by atoms with Gasteiger partial charge in [-0.25, -0.2) is 4.98 Å². The molecular weight excluding hydrogens is 380 g/mol. The van der Waals surface area contributed by atoms with Gasteiger partial charge in [0.25, 0.3) is 5.56 Å². The number of hydrogen-bond donors (Lipinski definition) is 1. The van der Waals surface area contributed by atoms with Crippen molar-refractivity contribution in [1.82, 2.24) is 19.8 Å². The van der Waals surface area contributed by atoms with E-state index in [2.05, 4.69) is 10.3 Å². The van der Waals surface area contributed by atoms with Gasteiger partial charge in [-0.3, -0.25) is 14.2 Å². The van der Waals surface area contributed by atoms with E-state index in [0.717, 1.165) is 44.3 Å². The number of hydrogen-bond acceptors (Lipinski definition) is 5. The van der Waals surface area contributed by atoms with Crippen LogP contribution >= 0.6 is 12.4 Å². The van der Waals surface area contributed by atoms with Crippen LogP contribution in [0.2, 0.25) is 0 Å². The van der Waals surface area contributed by atoms with Crippen LogP contribution in [0, 0.1) is 5.92 Å². The van der Waals surface area contributed by atoms with Gasteiger partial charge in [0, 0.05) is 18.5 Å². The number of rotatable bonds is 5. The number of furan rings is 1. The highest BCUT2D eigenvalue weighted by Gasteiger charge is 2.23. The Kier molecular flexibility index (Phi) is 6.36. The van der Waals surface area contributed by atoms with Gasteiger partial charge in [0.15, 0.2) is 0 Å². The summed E-state index contributed by atoms with van der Waals surface area (Å²) in [6.45, 7) is 2.52. The maximum atomic E-state index is 12.7. The van der Waals surface area contributed by atoms with Gasteiger partial charge in [-0.15, -0.1) is 12.4 Å². The number of carbonyl (C=O) groups is 1. The topological polar surface area (TPSA) is 80.4 Å². The number of piperidine rings is 1. The normalized spacial score (nSPS) is 15.1. The van der Waals surface area contributed by atoms with Crippen molar-refractivity contribution in [1.29, 1.82) is 0 Å². The number of carbonyl (C=O) groups excluding carboxylic acids is 1. The molecule has 1 N–H and O–H groups in total. The number of amides is 1. The summed E-state index contributed by atoms with van der Waals surface area (Å²) in [7, 11) is 1.96. The van der Waals surface area contributed by atoms with Gasteiger partial charge in [-0.2, -0.15) is 0 Å². The molecule has 0 unspecified atom stereocenters. The molecule has 1 amide bonds. The number of nitrogens with one attached hydrogen (secondary N) is 1. The molecular formula is C20H25ClN4O3. The summed E-state index contributed by atoms with van der Waals surface area (Å²) in [6, 6.07) is 7.42. The Bertz CT molecular complexity index is 1020. The first kappa shape index (κ1) is 20.4. The van der Waals surface area contributed by atoms with Crippen molar-refractivity contribution in [3.63, 3.8) is 0 Å². The lowest BCUT2D eigenvalue weighted by Gasteiger charge is -2.32. The smallest absolute Gasteiger partial charge is 0.297 e. The molecule has 0 spiro atoms. The zero-order chi connectivity index (χ0) is 18.8. The van der Waals surface area contributed by atoms with E-state index in [1.165, 1.54) is 10.9 Å². The van der Waals surface area contributed by atoms with Crippen molar-refractivity contribution in [2.75, 3.05) is 26.7 Å². The fraction of sp³-hybridized carbons (Fsp3) is 0.450. The van der Waals surface area contributed by atoms with Crippen LogP contribution in [0.5, 0.6) is 0 Å². The Morgan fingerprint density at radius 1 is 1.29 bits per heavy atom. The summed E-state index contributed by atoms with van der Waals surface area (Å²) in [4.78, 5) is 31.6. The van der Waals surface area contributed by atoms with E-state index in [-0.39, 0.29) is 36.0 Å². The fourth-order valence-corrected chi connectivity index (χ4v) is 3.79. The lowest BCUT2D eigenvalue weighted by molar-refractivity contribution is -0.133. The minimum atomic E-state index is -0.312. The van der Waals surface area contributed by atoms with E-state index in [1.54, 1.807) is 0 Å². The van der Waals surface area contributed by atoms with Gasteiger partial charge >= 0.3 is 0 Å². The average molecular weight is 405 g/mol. The van der Waals surface area contributed by atoms with Crippen LogP contribution in [0.4, 0.5) is 0 Å². The second-order valence-electron chi connectivity index (χ2n) is 7.17. The first-order valence-corrected chi connectivity index (χ1v) is 9.46. The molecule has 4 rings (SSSR count). The van der Waals surface area contributed by atoms with Crippen molar-refractivity contribution in [2.45, 2.75) is 25.8 Å². The highest BCUT2D eigenvalue weighted by molar-refractivity contribution is 6.01. The second kappa shape index (κ2) is 8.75. The van der Waals surface area contributed by atoms with Gasteiger partial charge in [0.1, 0.15) is 17.6 Å². The predicted molar refractivity (Wildman–Crippen MR) is 111 cm³/mol. The summed E-state index contributed by atoms with van der Waals surface area (Å²) < 4.78 is 7.02. The lowest BCUT2D eigenvalue weighted by Crippen LogP contribution is -2.41. The van der Waals surface area contributed by atoms with Crippen LogP contribution in [0.25, 0.3) is 22.1 Å². The molecule has 3 heterocycles. The number of likely N-dealkylation sites (tertiary alicyclic amines) is 1. The zero-order valence-electron chi connectivity index (χ0n) is 15.9. The van der Waals surface area contributed by atoms with Crippen molar-refractivity contribution < 1.29 is 9.21 Å². The molecule has 0 radical (unpaired) electrons. The van der Waals surface area contributed by atoms with E-state index in [1.807, 2.05) is 36.2 Å². The van der Waals surface area contributed by atoms with Gasteiger partial charge in [-0.05, 0) is 50.9 Å². The molecule has 8 heteroatoms. The molecule has 1 aliphatic heterocycles. The Morgan fingerprint density at radius 2 is 2.04 bits per heavy atom. The Balaban J connectivity index is 0.00000225. The molecule has 2 aromatic heterocycles. The molecule has 7 nitrogen and oxygen atoms in total. The van der Waals surface area contributed by atoms with Crippen molar-refractivity contribution in [3.8, 4) is 0 Å². The maximum Gasteiger partial charge on any atom is 0.297 e. The summed E-state index contributed by atoms with van der Waals surface area (Å²) in [5.41, 5.74) is 1.07. The first-order valence-electron chi connectivity index (χ1n) is 9.46. The number of fused-ring (bicyclic) bond motifs is 3. The van der Waals surface area contributed by atoms with Crippen molar-refractivity contribution >= 4 is 40.4 Å². The van der Waals surface area contributed by atoms with Crippen molar-refractivity contribution in [2.24, 2.45) is 5.92 Å². The van der Waals surface area contributed by atoms with Crippen molar-refractivity contribution in [3.05, 3.63) is 40.9 Å². The molecule has 1 aromatic carbocycles. The predicted octanol–water partition coefficient (Wildman–Crippen LogP) is 2.41. The summed E-state index contributed by atoms with van der Waals surface area (Å²) >= 11 is 0. The molecule has 150 valence electrons. The van der Waals surface area contributed by atoms with E-state index in [0.29, 0.717) is 17.0 Å². The van der Waals surface area contributed by atoms with Crippen LogP contribution in [0.15, 0.2) is 39.8 Å². The van der Waals surface area contributed by atoms with Crippen LogP contribution in [0.3, 0.4) is 0 Å². The standard InChI is InChI=1S/C20H24N4O3.ClH/c1-21-9-6-14-7-10-23(11-8-14)17(25)12-24-13-22-18-15-4-2-3-5-16(15)27-19(18)20(24)26;/h2-5,13-14,21H,6-12H2,1H3;1H. The number of aromatic nitrogens is 2. The Hall–Kier alpha value is -2.38. The van der Waals surface area contributed by atoms with Gasteiger partial charge < -0.3 is 14.6 Å². The molecule has 0 bridgehead atoms. The third-order valence-electron chi connectivity index (χ3n) is 5.43. The monoisotopic (exact) mass is 404 g/mol. The molecule has 1 saturated heterocycles. The van der Waals surface area contributed by atoms with Crippen LogP contribution in [0.1, 0.15) is 19.3 Å². The molecule has 0 atom stereocenters. The highest BCUT2D eigenvalue weighted by Crippen LogP contribution is 2.24. The van der Waals surface area contributed by atoms with E-state index < -0.39 is 0 Å². The quantitative estimate of drug-likeness (QED) is 0.706.